The number of ether oxygens (including phenoxy) is 1. The molecular formula is C9H15F7N2O5S2. The summed E-state index contributed by atoms with van der Waals surface area (Å²) in [4.78, 5) is 1.44. The van der Waals surface area contributed by atoms with E-state index in [2.05, 4.69) is 4.74 Å². The average Bonchev–Trinajstić information content (AvgIpc) is 2.40. The smallest absolute Gasteiger partial charge is 0.313 e. The topological polar surface area (TPSA) is 92.8 Å². The van der Waals surface area contributed by atoms with Crippen LogP contribution in [0, 0.1) is 0 Å². The first kappa shape index (κ1) is 24.3. The van der Waals surface area contributed by atoms with Gasteiger partial charge in [-0.1, -0.05) is 18.0 Å². The third-order valence-electron chi connectivity index (χ3n) is 2.79. The second-order valence-corrected chi connectivity index (χ2v) is 8.10. The van der Waals surface area contributed by atoms with Crippen LogP contribution in [0.2, 0.25) is 0 Å². The molecule has 25 heavy (non-hydrogen) atoms. The molecule has 0 aromatic rings. The molecule has 0 aliphatic rings. The maximum Gasteiger partial charge on any atom is 0.512 e. The highest BCUT2D eigenvalue weighted by atomic mass is 32.3. The zero-order valence-corrected chi connectivity index (χ0v) is 14.4. The predicted octanol–water partition coefficient (Wildman–Crippen LogP) is 1.30. The Balaban J connectivity index is 5.36. The fourth-order valence-corrected chi connectivity index (χ4v) is 3.65. The van der Waals surface area contributed by atoms with E-state index in [-0.39, 0.29) is 6.54 Å². The highest BCUT2D eigenvalue weighted by molar-refractivity contribution is 8.05. The molecule has 152 valence electrons. The Hall–Kier alpha value is -0.710. The van der Waals surface area contributed by atoms with Crippen LogP contribution in [0.25, 0.3) is 0 Å². The van der Waals surface area contributed by atoms with Crippen molar-refractivity contribution in [3.63, 3.8) is 0 Å². The van der Waals surface area contributed by atoms with E-state index in [4.69, 9.17) is 0 Å². The molecular weight excluding hydrogens is 413 g/mol. The van der Waals surface area contributed by atoms with Gasteiger partial charge in [-0.15, -0.1) is 0 Å². The minimum absolute atomic E-state index is 0.313. The zero-order valence-electron chi connectivity index (χ0n) is 12.8. The van der Waals surface area contributed by atoms with Crippen LogP contribution in [0.5, 0.6) is 0 Å². The standard InChI is InChI=1S/C9H15F7N2O5S2/c1-3-18(4-2)5-6-23-7(10,11)8(12,13)24(19,20)17-25(21,22)9(14,15)16/h17H,3-6H2,1-2H3. The largest absolute Gasteiger partial charge is 0.512 e. The summed E-state index contributed by atoms with van der Waals surface area (Å²) in [6, 6.07) is 0. The molecule has 0 fully saturated rings. The normalized spacial score (nSPS) is 15.0. The molecule has 0 radical (unpaired) electrons. The summed E-state index contributed by atoms with van der Waals surface area (Å²) in [6.45, 7) is 2.45. The van der Waals surface area contributed by atoms with Gasteiger partial charge in [0.25, 0.3) is 10.0 Å². The van der Waals surface area contributed by atoms with Crippen molar-refractivity contribution in [3.05, 3.63) is 0 Å². The zero-order chi connectivity index (χ0) is 20.3. The third-order valence-corrected chi connectivity index (χ3v) is 6.06. The summed E-state index contributed by atoms with van der Waals surface area (Å²) in [6.07, 6.45) is -5.78. The fourth-order valence-electron chi connectivity index (χ4n) is 1.33. The SMILES string of the molecule is CCN(CC)CCOC(F)(F)C(F)(F)S(=O)(=O)NS(=O)(=O)C(F)(F)F. The lowest BCUT2D eigenvalue weighted by atomic mass is 10.5. The van der Waals surface area contributed by atoms with Crippen molar-refractivity contribution in [2.45, 2.75) is 30.7 Å². The van der Waals surface area contributed by atoms with E-state index in [1.165, 1.54) is 4.90 Å². The first-order chi connectivity index (χ1) is 10.9. The van der Waals surface area contributed by atoms with Gasteiger partial charge in [-0.25, -0.2) is 16.8 Å². The van der Waals surface area contributed by atoms with E-state index in [0.717, 1.165) is 0 Å². The molecule has 0 aromatic carbocycles. The first-order valence-electron chi connectivity index (χ1n) is 6.41. The van der Waals surface area contributed by atoms with Gasteiger partial charge >= 0.3 is 26.9 Å². The fraction of sp³-hybridized carbons (Fsp3) is 1.00. The second kappa shape index (κ2) is 7.89. The number of alkyl halides is 7. The average molecular weight is 428 g/mol. The van der Waals surface area contributed by atoms with E-state index in [9.17, 15) is 47.6 Å². The van der Waals surface area contributed by atoms with Crippen LogP contribution in [0.3, 0.4) is 0 Å². The Morgan fingerprint density at radius 2 is 1.32 bits per heavy atom. The van der Waals surface area contributed by atoms with E-state index in [1.54, 1.807) is 13.8 Å². The highest BCUT2D eigenvalue weighted by Crippen LogP contribution is 2.40. The molecule has 0 saturated heterocycles. The summed E-state index contributed by atoms with van der Waals surface area (Å²) in [5, 5.41) is -6.29. The van der Waals surface area contributed by atoms with Crippen molar-refractivity contribution in [1.82, 2.24) is 9.03 Å². The quantitative estimate of drug-likeness (QED) is 0.528. The number of hydrogen-bond acceptors (Lipinski definition) is 6. The Labute approximate surface area is 139 Å². The number of nitrogens with one attached hydrogen (secondary N) is 1. The number of hydrogen-bond donors (Lipinski definition) is 1. The molecule has 0 aliphatic heterocycles. The van der Waals surface area contributed by atoms with Crippen molar-refractivity contribution >= 4 is 20.0 Å². The van der Waals surface area contributed by atoms with Crippen molar-refractivity contribution in [2.24, 2.45) is 0 Å². The maximum atomic E-state index is 13.4. The lowest BCUT2D eigenvalue weighted by Gasteiger charge is -2.27. The molecule has 0 heterocycles. The molecule has 0 spiro atoms. The predicted molar refractivity (Wildman–Crippen MR) is 70.7 cm³/mol. The maximum absolute atomic E-state index is 13.4. The monoisotopic (exact) mass is 428 g/mol. The van der Waals surface area contributed by atoms with Gasteiger partial charge in [0.05, 0.1) is 6.61 Å². The summed E-state index contributed by atoms with van der Waals surface area (Å²) >= 11 is 0. The van der Waals surface area contributed by atoms with Gasteiger partial charge in [-0.3, -0.25) is 0 Å². The summed E-state index contributed by atoms with van der Waals surface area (Å²) in [7, 11) is -13.9. The second-order valence-electron chi connectivity index (χ2n) is 4.44. The summed E-state index contributed by atoms with van der Waals surface area (Å²) in [5.41, 5.74) is -6.31. The molecule has 0 atom stereocenters. The lowest BCUT2D eigenvalue weighted by Crippen LogP contribution is -2.56. The van der Waals surface area contributed by atoms with Crippen LogP contribution in [0.1, 0.15) is 13.8 Å². The van der Waals surface area contributed by atoms with Crippen LogP contribution in [-0.4, -0.2) is 64.8 Å². The molecule has 1 N–H and O–H groups in total. The van der Waals surface area contributed by atoms with Crippen LogP contribution >= 0.6 is 0 Å². The first-order valence-corrected chi connectivity index (χ1v) is 9.38. The Morgan fingerprint density at radius 3 is 1.68 bits per heavy atom. The molecule has 7 nitrogen and oxygen atoms in total. The van der Waals surface area contributed by atoms with Crippen molar-refractivity contribution in [1.29, 1.82) is 0 Å². The number of halogens is 7. The Kier molecular flexibility index (Phi) is 7.67. The van der Waals surface area contributed by atoms with Crippen molar-refractivity contribution in [2.75, 3.05) is 26.2 Å². The van der Waals surface area contributed by atoms with Gasteiger partial charge < -0.3 is 9.64 Å². The minimum Gasteiger partial charge on any atom is -0.313 e. The van der Waals surface area contributed by atoms with Gasteiger partial charge in [0.1, 0.15) is 0 Å². The summed E-state index contributed by atoms with van der Waals surface area (Å²) in [5.74, 6) is 0. The van der Waals surface area contributed by atoms with Gasteiger partial charge in [0.15, 0.2) is 0 Å². The van der Waals surface area contributed by atoms with Crippen molar-refractivity contribution < 1.29 is 52.3 Å². The van der Waals surface area contributed by atoms with Crippen LogP contribution in [0.15, 0.2) is 0 Å². The summed E-state index contributed by atoms with van der Waals surface area (Å²) < 4.78 is 136. The molecule has 0 bridgehead atoms. The van der Waals surface area contributed by atoms with Crippen molar-refractivity contribution in [3.8, 4) is 0 Å². The highest BCUT2D eigenvalue weighted by Gasteiger charge is 2.69. The minimum atomic E-state index is -7.00. The van der Waals surface area contributed by atoms with Gasteiger partial charge in [0.2, 0.25) is 0 Å². The number of rotatable bonds is 10. The van der Waals surface area contributed by atoms with Crippen LogP contribution < -0.4 is 4.13 Å². The van der Waals surface area contributed by atoms with E-state index < -0.39 is 47.7 Å². The molecule has 0 aromatic heterocycles. The Morgan fingerprint density at radius 1 is 0.880 bits per heavy atom. The molecule has 0 amide bonds. The van der Waals surface area contributed by atoms with Gasteiger partial charge in [0, 0.05) is 6.54 Å². The molecule has 16 heteroatoms. The van der Waals surface area contributed by atoms with Crippen LogP contribution in [-0.2, 0) is 24.8 Å². The Bertz CT molecular complexity index is 644. The number of sulfonamides is 2. The van der Waals surface area contributed by atoms with Crippen LogP contribution in [0.4, 0.5) is 30.7 Å². The molecule has 0 unspecified atom stereocenters. The molecule has 0 saturated carbocycles. The number of likely N-dealkylation sites (N-methyl/N-ethyl adjacent to an activating group) is 1. The van der Waals surface area contributed by atoms with E-state index in [0.29, 0.717) is 13.1 Å². The van der Waals surface area contributed by atoms with Gasteiger partial charge in [-0.2, -0.15) is 30.7 Å². The molecule has 0 aliphatic carbocycles. The van der Waals surface area contributed by atoms with Gasteiger partial charge in [-0.05, 0) is 13.1 Å². The van der Waals surface area contributed by atoms with E-state index >= 15 is 0 Å². The molecule has 0 rings (SSSR count). The van der Waals surface area contributed by atoms with E-state index in [1.807, 2.05) is 0 Å². The lowest BCUT2D eigenvalue weighted by molar-refractivity contribution is -0.317. The third kappa shape index (κ3) is 5.63. The number of nitrogens with zero attached hydrogens (tertiary/aromatic N) is 1.